The highest BCUT2D eigenvalue weighted by Gasteiger charge is 2.46. The number of para-hydroxylation sites is 1. The second-order valence-corrected chi connectivity index (χ2v) is 27.1. The molecule has 11 rings (SSSR count). The molecule has 0 bridgehead atoms. The Hall–Kier alpha value is -8.53. The summed E-state index contributed by atoms with van der Waals surface area (Å²) in [5.41, 5.74) is 6.37. The maximum absolute atomic E-state index is 14.2. The van der Waals surface area contributed by atoms with Crippen LogP contribution in [0.4, 0.5) is 58.2 Å². The Morgan fingerprint density at radius 1 is 0.813 bits per heavy atom. The molecule has 2 aliphatic carbocycles. The van der Waals surface area contributed by atoms with Gasteiger partial charge in [0.1, 0.15) is 24.1 Å². The number of alkyl halides is 3. The predicted molar refractivity (Wildman–Crippen MR) is 334 cm³/mol. The van der Waals surface area contributed by atoms with E-state index in [1.807, 2.05) is 43.9 Å². The first-order valence-electron chi connectivity index (χ1n) is 31.0. The molecule has 5 amide bonds. The van der Waals surface area contributed by atoms with Crippen LogP contribution in [0.5, 0.6) is 5.75 Å². The number of nitrogens with two attached hydrogens (primary N) is 1. The number of ketones is 1. The van der Waals surface area contributed by atoms with Gasteiger partial charge >= 0.3 is 12.3 Å². The van der Waals surface area contributed by atoms with E-state index in [1.165, 1.54) is 29.3 Å². The molecule has 486 valence electrons. The van der Waals surface area contributed by atoms with E-state index in [0.29, 0.717) is 121 Å². The molecule has 2 aromatic heterocycles. The van der Waals surface area contributed by atoms with E-state index in [1.54, 1.807) is 36.2 Å². The molecule has 0 unspecified atom stereocenters. The number of benzene rings is 3. The number of piperazine rings is 1. The summed E-state index contributed by atoms with van der Waals surface area (Å²) in [5.74, 6) is -0.790. The number of hydrogen-bond donors (Lipinski definition) is 4. The molecular formula is C63H77F3N14O10S. The summed E-state index contributed by atoms with van der Waals surface area (Å²) in [5, 5.41) is 13.0. The Kier molecular flexibility index (Phi) is 18.3. The molecule has 3 aromatic carbocycles. The van der Waals surface area contributed by atoms with Crippen molar-refractivity contribution in [2.24, 2.45) is 23.0 Å². The number of piperidine rings is 2. The zero-order valence-electron chi connectivity index (χ0n) is 51.7. The van der Waals surface area contributed by atoms with E-state index < -0.39 is 62.7 Å². The normalized spacial score (nSPS) is 20.1. The third-order valence-electron chi connectivity index (χ3n) is 18.2. The number of halogens is 3. The van der Waals surface area contributed by atoms with Crippen LogP contribution in [0.1, 0.15) is 121 Å². The topological polar surface area (TPSA) is 280 Å². The fraction of sp³-hybridized carbons (Fsp3) is 0.508. The highest BCUT2D eigenvalue weighted by molar-refractivity contribution is 7.92. The number of fused-ring (bicyclic) bond motifs is 3. The van der Waals surface area contributed by atoms with E-state index in [-0.39, 0.29) is 88.8 Å². The van der Waals surface area contributed by atoms with Crippen LogP contribution in [-0.4, -0.2) is 176 Å². The van der Waals surface area contributed by atoms with E-state index in [2.05, 4.69) is 40.8 Å². The number of primary amides is 1. The summed E-state index contributed by atoms with van der Waals surface area (Å²) in [6.07, 6.45) is 1.79. The van der Waals surface area contributed by atoms with Crippen LogP contribution in [0.3, 0.4) is 0 Å². The van der Waals surface area contributed by atoms with Crippen molar-refractivity contribution in [1.29, 1.82) is 0 Å². The maximum atomic E-state index is 14.2. The molecule has 91 heavy (non-hydrogen) atoms. The summed E-state index contributed by atoms with van der Waals surface area (Å²) in [6.45, 7) is 11.7. The van der Waals surface area contributed by atoms with Crippen LogP contribution in [0, 0.1) is 17.3 Å². The number of ether oxygens (including phenoxy) is 2. The van der Waals surface area contributed by atoms with Crippen LogP contribution in [-0.2, 0) is 36.9 Å². The predicted octanol–water partition coefficient (Wildman–Crippen LogP) is 7.51. The molecule has 0 atom stereocenters. The second kappa shape index (κ2) is 26.0. The summed E-state index contributed by atoms with van der Waals surface area (Å²) in [6, 6.07) is 16.4. The first-order valence-corrected chi connectivity index (χ1v) is 32.9. The van der Waals surface area contributed by atoms with Crippen LogP contribution in [0.15, 0.2) is 66.9 Å². The van der Waals surface area contributed by atoms with Crippen LogP contribution < -0.4 is 40.5 Å². The Bertz CT molecular complexity index is 3740. The van der Waals surface area contributed by atoms with Crippen molar-refractivity contribution in [1.82, 2.24) is 39.8 Å². The fourth-order valence-corrected chi connectivity index (χ4v) is 14.4. The third-order valence-corrected chi connectivity index (χ3v) is 19.2. The lowest BCUT2D eigenvalue weighted by Gasteiger charge is -2.40. The quantitative estimate of drug-likeness (QED) is 0.0743. The third kappa shape index (κ3) is 14.0. The minimum absolute atomic E-state index is 0.0212. The minimum atomic E-state index is -4.86. The molecule has 6 aliphatic rings. The first kappa shape index (κ1) is 64.0. The van der Waals surface area contributed by atoms with Gasteiger partial charge in [-0.15, -0.1) is 0 Å². The lowest BCUT2D eigenvalue weighted by Crippen LogP contribution is -2.53. The number of carbonyl (C=O) groups excluding carboxylic acids is 6. The number of rotatable bonds is 16. The number of nitrogens with zero attached hydrogens (tertiary/aromatic N) is 10. The zero-order valence-corrected chi connectivity index (χ0v) is 52.5. The zero-order chi connectivity index (χ0) is 64.7. The molecule has 0 radical (unpaired) electrons. The molecule has 28 heteroatoms. The number of nitrogens with one attached hydrogen (secondary N) is 3. The summed E-state index contributed by atoms with van der Waals surface area (Å²) < 4.78 is 83.1. The number of anilines is 7. The SMILES string of the molecule is CCOc1cc(N2CCC(C(=O)N3CCC(CN4CCN(C(=O)CNC(=O)OC5CCC(Nc6cc(-n7nc(C(F)(F)F)c8c7CC(C)(C)CC8=O)ccc6C(N)=O)CC5)CC4)CC3)CC2)ccc1Nc1ncc2c(n1)N(S(C)(=O)=O)c1ccccc1C(=O)N2C. The van der Waals surface area contributed by atoms with E-state index in [4.69, 9.17) is 15.2 Å². The average molecular weight is 1280 g/mol. The molecule has 4 fully saturated rings. The molecule has 5 N–H and O–H groups in total. The van der Waals surface area contributed by atoms with Gasteiger partial charge in [-0.25, -0.2) is 27.2 Å². The van der Waals surface area contributed by atoms with Crippen molar-refractivity contribution in [3.8, 4) is 11.4 Å². The maximum Gasteiger partial charge on any atom is 0.435 e. The number of amides is 5. The van der Waals surface area contributed by atoms with Gasteiger partial charge in [0, 0.05) is 102 Å². The van der Waals surface area contributed by atoms with Crippen LogP contribution in [0.2, 0.25) is 0 Å². The Balaban J connectivity index is 0.590. The molecule has 0 spiro atoms. The first-order chi connectivity index (χ1) is 43.3. The van der Waals surface area contributed by atoms with Crippen molar-refractivity contribution < 1.29 is 59.8 Å². The van der Waals surface area contributed by atoms with Crippen LogP contribution >= 0.6 is 0 Å². The van der Waals surface area contributed by atoms with Gasteiger partial charge in [-0.2, -0.15) is 23.3 Å². The average Bonchev–Trinajstić information content (AvgIpc) is 1.63. The largest absolute Gasteiger partial charge is 0.492 e. The van der Waals surface area contributed by atoms with Gasteiger partial charge in [-0.05, 0) is 119 Å². The van der Waals surface area contributed by atoms with Crippen molar-refractivity contribution >= 4 is 85.7 Å². The fourth-order valence-electron chi connectivity index (χ4n) is 13.5. The number of aromatic nitrogens is 4. The molecule has 6 heterocycles. The van der Waals surface area contributed by atoms with Gasteiger partial charge in [0.05, 0.1) is 58.5 Å². The van der Waals surface area contributed by atoms with E-state index >= 15 is 0 Å². The van der Waals surface area contributed by atoms with Gasteiger partial charge in [0.25, 0.3) is 11.8 Å². The number of alkyl carbamates (subject to hydrolysis) is 1. The minimum Gasteiger partial charge on any atom is -0.492 e. The Labute approximate surface area is 526 Å². The van der Waals surface area contributed by atoms with Crippen molar-refractivity contribution in [3.05, 3.63) is 94.9 Å². The van der Waals surface area contributed by atoms with Crippen molar-refractivity contribution in [3.63, 3.8) is 0 Å². The molecule has 1 saturated carbocycles. The molecule has 5 aromatic rings. The number of Topliss-reactive ketones (excluding diaryl/α,β-unsaturated/α-hetero) is 1. The van der Waals surface area contributed by atoms with Crippen molar-refractivity contribution in [2.75, 3.05) is 110 Å². The Morgan fingerprint density at radius 3 is 2.20 bits per heavy atom. The van der Waals surface area contributed by atoms with Gasteiger partial charge in [0.2, 0.25) is 27.8 Å². The lowest BCUT2D eigenvalue weighted by atomic mass is 9.75. The summed E-state index contributed by atoms with van der Waals surface area (Å²) in [7, 11) is -2.40. The Morgan fingerprint density at radius 2 is 1.52 bits per heavy atom. The standard InChI is InChI=1S/C63H77F3N14O10S/c1-6-89-52-32-41(14-18-46(52)71-60-68-35-50-57(72-60)80(91(5,87)88)48-10-8-7-9-45(48)59(85)74(50)4)76-25-21-39(22-26-76)58(84)78-23-19-38(20-24-78)37-75-27-29-77(30-28-75)53(82)36-69-61(86)90-43-15-11-40(12-16-43)70-47-31-42(13-17-44(47)56(67)83)79-49-33-62(2,3)34-51(81)54(49)55(73-79)63(64,65)66/h7-10,13-14,17-18,31-32,35,38-40,43,70H,6,11-12,15-16,19-30,33-34,36-37H2,1-5H3,(H2,67,83)(H,69,86)(H,68,71,72). The van der Waals surface area contributed by atoms with Gasteiger partial charge in [0.15, 0.2) is 17.3 Å². The lowest BCUT2D eigenvalue weighted by molar-refractivity contribution is -0.141. The second-order valence-electron chi connectivity index (χ2n) is 25.3. The van der Waals surface area contributed by atoms with E-state index in [9.17, 15) is 50.4 Å². The monoisotopic (exact) mass is 1280 g/mol. The number of likely N-dealkylation sites (tertiary alicyclic amines) is 1. The summed E-state index contributed by atoms with van der Waals surface area (Å²) in [4.78, 5) is 97.9. The molecule has 3 saturated heterocycles. The highest BCUT2D eigenvalue weighted by atomic mass is 32.2. The van der Waals surface area contributed by atoms with Gasteiger partial charge in [-0.1, -0.05) is 26.0 Å². The van der Waals surface area contributed by atoms with Crippen LogP contribution in [0.25, 0.3) is 5.69 Å². The smallest absolute Gasteiger partial charge is 0.435 e. The molecule has 24 nitrogen and oxygen atoms in total. The highest BCUT2D eigenvalue weighted by Crippen LogP contribution is 2.44. The number of carbonyl (C=O) groups is 6. The number of sulfonamides is 1. The molecule has 4 aliphatic heterocycles. The summed E-state index contributed by atoms with van der Waals surface area (Å²) >= 11 is 0. The number of hydrogen-bond acceptors (Lipinski definition) is 17. The van der Waals surface area contributed by atoms with Crippen molar-refractivity contribution in [2.45, 2.75) is 103 Å². The molecular weight excluding hydrogens is 1200 g/mol. The van der Waals surface area contributed by atoms with Gasteiger partial charge < -0.3 is 50.8 Å². The van der Waals surface area contributed by atoms with E-state index in [0.717, 1.165) is 40.3 Å². The van der Waals surface area contributed by atoms with Gasteiger partial charge in [-0.3, -0.25) is 28.9 Å².